The summed E-state index contributed by atoms with van der Waals surface area (Å²) in [5, 5.41) is 0.392. The number of rotatable bonds is 9. The van der Waals surface area contributed by atoms with Crippen molar-refractivity contribution in [2.24, 2.45) is 5.92 Å². The molecule has 3 nitrogen and oxygen atoms in total. The molecule has 0 spiro atoms. The molecule has 144 valence electrons. The third-order valence-electron chi connectivity index (χ3n) is 6.03. The molecule has 0 aliphatic rings. The van der Waals surface area contributed by atoms with Crippen LogP contribution in [0.15, 0.2) is 0 Å². The van der Waals surface area contributed by atoms with E-state index >= 15 is 0 Å². The fourth-order valence-electron chi connectivity index (χ4n) is 1.97. The third-order valence-corrected chi connectivity index (χ3v) is 15.1. The van der Waals surface area contributed by atoms with E-state index in [9.17, 15) is 4.79 Å². The van der Waals surface area contributed by atoms with Crippen molar-refractivity contribution in [3.8, 4) is 0 Å². The summed E-state index contributed by atoms with van der Waals surface area (Å²) in [4.78, 5) is 11.0. The van der Waals surface area contributed by atoms with Crippen molar-refractivity contribution in [3.05, 3.63) is 0 Å². The van der Waals surface area contributed by atoms with E-state index in [1.54, 1.807) is 0 Å². The van der Waals surface area contributed by atoms with Gasteiger partial charge in [-0.3, -0.25) is 0 Å². The summed E-state index contributed by atoms with van der Waals surface area (Å²) in [6, 6.07) is 0. The maximum atomic E-state index is 11.0. The van der Waals surface area contributed by atoms with Gasteiger partial charge in [-0.1, -0.05) is 48.5 Å². The fraction of sp³-hybridized carbons (Fsp3) is 0.947. The molecule has 0 aliphatic heterocycles. The highest BCUT2D eigenvalue weighted by molar-refractivity contribution is 6.74. The van der Waals surface area contributed by atoms with Gasteiger partial charge in [-0.15, -0.1) is 0 Å². The Balaban J connectivity index is 4.97. The number of aldehydes is 1. The summed E-state index contributed by atoms with van der Waals surface area (Å²) in [5.41, 5.74) is 0. The van der Waals surface area contributed by atoms with Crippen LogP contribution in [0.2, 0.25) is 36.3 Å². The van der Waals surface area contributed by atoms with Gasteiger partial charge in [-0.25, -0.2) is 0 Å². The Morgan fingerprint density at radius 1 is 0.917 bits per heavy atom. The number of carbonyl (C=O) groups excluding carboxylic acids is 1. The minimum Gasteiger partial charge on any atom is -0.417 e. The van der Waals surface area contributed by atoms with Crippen molar-refractivity contribution in [3.63, 3.8) is 0 Å². The smallest absolute Gasteiger partial charge is 0.192 e. The quantitative estimate of drug-likeness (QED) is 0.366. The lowest BCUT2D eigenvalue weighted by molar-refractivity contribution is -0.109. The average molecular weight is 375 g/mol. The Hall–Kier alpha value is 0.0238. The van der Waals surface area contributed by atoms with E-state index < -0.39 is 16.6 Å². The van der Waals surface area contributed by atoms with Crippen molar-refractivity contribution >= 4 is 22.9 Å². The maximum absolute atomic E-state index is 11.0. The van der Waals surface area contributed by atoms with Crippen molar-refractivity contribution < 1.29 is 13.6 Å². The minimum absolute atomic E-state index is 0.0980. The molecule has 0 aromatic carbocycles. The second-order valence-electron chi connectivity index (χ2n) is 10.2. The van der Waals surface area contributed by atoms with Crippen molar-refractivity contribution in [1.29, 1.82) is 0 Å². The Labute approximate surface area is 153 Å². The molecule has 0 saturated carbocycles. The molecule has 0 unspecified atom stereocenters. The number of hydrogen-bond donors (Lipinski definition) is 0. The van der Waals surface area contributed by atoms with Crippen LogP contribution in [0, 0.1) is 5.92 Å². The van der Waals surface area contributed by atoms with Crippen LogP contribution in [0.3, 0.4) is 0 Å². The standard InChI is InChI=1S/C19H42O3Si2/c1-16(12-14-20)17(22-24(10,11)19(5,6)7)13-15-21-23(8,9)18(2,3)4/h14,16-17H,12-13,15H2,1-11H3/t16-,17+/m1/s1. The van der Waals surface area contributed by atoms with Crippen LogP contribution in [0.5, 0.6) is 0 Å². The summed E-state index contributed by atoms with van der Waals surface area (Å²) < 4.78 is 13.0. The first-order valence-corrected chi connectivity index (χ1v) is 15.1. The zero-order valence-corrected chi connectivity index (χ0v) is 20.1. The molecule has 0 N–H and O–H groups in total. The van der Waals surface area contributed by atoms with E-state index in [4.69, 9.17) is 8.85 Å². The first-order valence-electron chi connectivity index (χ1n) is 9.30. The fourth-order valence-corrected chi connectivity index (χ4v) is 4.49. The molecule has 2 atom stereocenters. The molecule has 5 heteroatoms. The summed E-state index contributed by atoms with van der Waals surface area (Å²) in [6.45, 7) is 25.5. The van der Waals surface area contributed by atoms with Crippen LogP contribution in [-0.2, 0) is 13.6 Å². The monoisotopic (exact) mass is 374 g/mol. The summed E-state index contributed by atoms with van der Waals surface area (Å²) in [5.74, 6) is 0.236. The molecular weight excluding hydrogens is 332 g/mol. The highest BCUT2D eigenvalue weighted by Gasteiger charge is 2.41. The van der Waals surface area contributed by atoms with Gasteiger partial charge in [0.2, 0.25) is 0 Å². The Morgan fingerprint density at radius 2 is 1.38 bits per heavy atom. The Bertz CT molecular complexity index is 392. The van der Waals surface area contributed by atoms with E-state index in [1.807, 2.05) is 0 Å². The minimum atomic E-state index is -1.85. The molecule has 0 bridgehead atoms. The maximum Gasteiger partial charge on any atom is 0.192 e. The summed E-state index contributed by atoms with van der Waals surface area (Å²) in [6.07, 6.45) is 2.54. The predicted molar refractivity (Wildman–Crippen MR) is 110 cm³/mol. The lowest BCUT2D eigenvalue weighted by atomic mass is 10.00. The highest BCUT2D eigenvalue weighted by atomic mass is 28.4. The van der Waals surface area contributed by atoms with E-state index in [-0.39, 0.29) is 22.1 Å². The van der Waals surface area contributed by atoms with Gasteiger partial charge in [0, 0.05) is 13.0 Å². The Kier molecular flexibility index (Phi) is 8.61. The molecule has 0 radical (unpaired) electrons. The van der Waals surface area contributed by atoms with Crippen LogP contribution in [0.4, 0.5) is 0 Å². The van der Waals surface area contributed by atoms with Gasteiger partial charge < -0.3 is 13.6 Å². The van der Waals surface area contributed by atoms with E-state index in [0.29, 0.717) is 6.42 Å². The zero-order chi connectivity index (χ0) is 19.4. The topological polar surface area (TPSA) is 35.5 Å². The van der Waals surface area contributed by atoms with Crippen LogP contribution in [0.25, 0.3) is 0 Å². The SMILES string of the molecule is C[C@H](CC=O)[C@H](CCO[Si](C)(C)C(C)(C)C)O[Si](C)(C)C(C)(C)C. The van der Waals surface area contributed by atoms with Crippen LogP contribution >= 0.6 is 0 Å². The van der Waals surface area contributed by atoms with Gasteiger partial charge in [0.25, 0.3) is 0 Å². The summed E-state index contributed by atoms with van der Waals surface area (Å²) >= 11 is 0. The van der Waals surface area contributed by atoms with Crippen LogP contribution < -0.4 is 0 Å². The second kappa shape index (κ2) is 8.61. The van der Waals surface area contributed by atoms with E-state index in [1.165, 1.54) is 0 Å². The largest absolute Gasteiger partial charge is 0.417 e. The van der Waals surface area contributed by atoms with Crippen LogP contribution in [-0.4, -0.2) is 35.6 Å². The van der Waals surface area contributed by atoms with Crippen molar-refractivity contribution in [2.75, 3.05) is 6.61 Å². The Morgan fingerprint density at radius 3 is 1.75 bits per heavy atom. The molecule has 0 fully saturated rings. The molecule has 0 aliphatic carbocycles. The third kappa shape index (κ3) is 7.10. The van der Waals surface area contributed by atoms with Gasteiger partial charge in [-0.2, -0.15) is 0 Å². The first-order chi connectivity index (χ1) is 10.5. The molecule has 0 heterocycles. The van der Waals surface area contributed by atoms with Gasteiger partial charge >= 0.3 is 0 Å². The van der Waals surface area contributed by atoms with E-state index in [2.05, 4.69) is 74.7 Å². The van der Waals surface area contributed by atoms with Gasteiger partial charge in [0.05, 0.1) is 6.10 Å². The molecular formula is C19H42O3Si2. The second-order valence-corrected chi connectivity index (χ2v) is 19.8. The molecule has 0 aromatic rings. The van der Waals surface area contributed by atoms with Gasteiger partial charge in [0.1, 0.15) is 6.29 Å². The van der Waals surface area contributed by atoms with Crippen LogP contribution in [0.1, 0.15) is 61.3 Å². The van der Waals surface area contributed by atoms with Gasteiger partial charge in [-0.05, 0) is 48.6 Å². The first kappa shape index (κ1) is 24.0. The predicted octanol–water partition coefficient (Wildman–Crippen LogP) is 6.01. The molecule has 0 aromatic heterocycles. The lowest BCUT2D eigenvalue weighted by Crippen LogP contribution is -2.46. The highest BCUT2D eigenvalue weighted by Crippen LogP contribution is 2.39. The normalized spacial score (nSPS) is 16.8. The molecule has 0 rings (SSSR count). The molecule has 0 saturated heterocycles. The number of hydrogen-bond acceptors (Lipinski definition) is 3. The van der Waals surface area contributed by atoms with Gasteiger partial charge in [0.15, 0.2) is 16.6 Å². The molecule has 0 amide bonds. The van der Waals surface area contributed by atoms with Crippen molar-refractivity contribution in [2.45, 2.75) is 104 Å². The lowest BCUT2D eigenvalue weighted by Gasteiger charge is -2.41. The summed E-state index contributed by atoms with van der Waals surface area (Å²) in [7, 11) is -3.59. The van der Waals surface area contributed by atoms with E-state index in [0.717, 1.165) is 19.3 Å². The number of carbonyl (C=O) groups is 1. The average Bonchev–Trinajstić information content (AvgIpc) is 2.34. The van der Waals surface area contributed by atoms with Crippen molar-refractivity contribution in [1.82, 2.24) is 0 Å². The molecule has 24 heavy (non-hydrogen) atoms. The zero-order valence-electron chi connectivity index (χ0n) is 18.1.